The lowest BCUT2D eigenvalue weighted by molar-refractivity contribution is -0.161. The molecule has 0 aromatic heterocycles. The second-order valence-corrected chi connectivity index (χ2v) is 14.0. The number of phosphoric acid groups is 1. The van der Waals surface area contributed by atoms with E-state index in [9.17, 15) is 24.2 Å². The minimum Gasteiger partial charge on any atom is -0.462 e. The Bertz CT molecular complexity index is 920. The van der Waals surface area contributed by atoms with Crippen molar-refractivity contribution in [3.8, 4) is 0 Å². The number of carbonyl (C=O) groups is 2. The number of rotatable bonds is 35. The standard InChI is InChI=1S/C38H69O10P/c1-3-5-7-9-11-13-15-16-17-18-20-22-24-26-28-30-38(42)48-36(34-47-49(43,44)46-32-35(40)31-39)33-45-37(41)29-27-25-23-21-19-14-12-10-8-6-4-2/h5,7,11,13,16-17,35-36,39-40H,3-4,6,8-10,12,14-15,18-34H2,1-2H3,(H,43,44)/b7-5-,13-11-,17-16-/t35-,36+/m0/s1. The van der Waals surface area contributed by atoms with Crippen LogP contribution in [0.1, 0.15) is 155 Å². The van der Waals surface area contributed by atoms with Gasteiger partial charge in [0.1, 0.15) is 12.7 Å². The largest absolute Gasteiger partial charge is 0.472 e. The zero-order valence-corrected chi connectivity index (χ0v) is 31.5. The molecule has 3 N–H and O–H groups in total. The Morgan fingerprint density at radius 3 is 1.69 bits per heavy atom. The number of hydrogen-bond donors (Lipinski definition) is 3. The zero-order chi connectivity index (χ0) is 36.3. The molecule has 0 aliphatic heterocycles. The first-order valence-electron chi connectivity index (χ1n) is 18.9. The first kappa shape index (κ1) is 47.2. The van der Waals surface area contributed by atoms with Gasteiger partial charge in [-0.25, -0.2) is 4.57 Å². The summed E-state index contributed by atoms with van der Waals surface area (Å²) in [5, 5.41) is 18.3. The van der Waals surface area contributed by atoms with Crippen molar-refractivity contribution in [3.05, 3.63) is 36.5 Å². The highest BCUT2D eigenvalue weighted by molar-refractivity contribution is 7.47. The van der Waals surface area contributed by atoms with Gasteiger partial charge >= 0.3 is 19.8 Å². The van der Waals surface area contributed by atoms with E-state index in [1.807, 2.05) is 0 Å². The van der Waals surface area contributed by atoms with E-state index in [0.29, 0.717) is 12.8 Å². The van der Waals surface area contributed by atoms with E-state index in [0.717, 1.165) is 70.6 Å². The van der Waals surface area contributed by atoms with Gasteiger partial charge in [0.05, 0.1) is 19.8 Å². The van der Waals surface area contributed by atoms with Crippen LogP contribution in [-0.2, 0) is 32.7 Å². The van der Waals surface area contributed by atoms with E-state index in [2.05, 4.69) is 54.8 Å². The predicted molar refractivity (Wildman–Crippen MR) is 196 cm³/mol. The van der Waals surface area contributed by atoms with Gasteiger partial charge in [-0.05, 0) is 44.9 Å². The van der Waals surface area contributed by atoms with E-state index in [1.54, 1.807) is 0 Å². The highest BCUT2D eigenvalue weighted by atomic mass is 31.2. The fourth-order valence-corrected chi connectivity index (χ4v) is 5.68. The molecule has 49 heavy (non-hydrogen) atoms. The average Bonchev–Trinajstić information content (AvgIpc) is 3.09. The summed E-state index contributed by atoms with van der Waals surface area (Å²) >= 11 is 0. The number of aliphatic hydroxyl groups excluding tert-OH is 2. The number of allylic oxidation sites excluding steroid dienone is 6. The molecule has 10 nitrogen and oxygen atoms in total. The number of aliphatic hydroxyl groups is 2. The van der Waals surface area contributed by atoms with E-state index in [-0.39, 0.29) is 19.4 Å². The lowest BCUT2D eigenvalue weighted by Crippen LogP contribution is -2.29. The maximum Gasteiger partial charge on any atom is 0.472 e. The van der Waals surface area contributed by atoms with Crippen molar-refractivity contribution < 1.29 is 47.8 Å². The molecule has 3 atom stereocenters. The van der Waals surface area contributed by atoms with E-state index < -0.39 is 51.8 Å². The summed E-state index contributed by atoms with van der Waals surface area (Å²) in [5.74, 6) is -0.946. The minimum atomic E-state index is -4.61. The van der Waals surface area contributed by atoms with Crippen LogP contribution in [-0.4, -0.2) is 65.7 Å². The summed E-state index contributed by atoms with van der Waals surface area (Å²) in [6.45, 7) is 2.22. The third-order valence-electron chi connectivity index (χ3n) is 7.81. The topological polar surface area (TPSA) is 149 Å². The number of hydrogen-bond acceptors (Lipinski definition) is 9. The van der Waals surface area contributed by atoms with Gasteiger partial charge in [0, 0.05) is 12.8 Å². The van der Waals surface area contributed by atoms with E-state index >= 15 is 0 Å². The molecule has 286 valence electrons. The Labute approximate surface area is 297 Å². The maximum absolute atomic E-state index is 12.5. The third-order valence-corrected chi connectivity index (χ3v) is 8.76. The molecule has 0 aromatic carbocycles. The van der Waals surface area contributed by atoms with Gasteiger partial charge in [0.2, 0.25) is 0 Å². The van der Waals surface area contributed by atoms with Crippen molar-refractivity contribution in [2.24, 2.45) is 0 Å². The SMILES string of the molecule is CC/C=C\C/C=C\C/C=C\CCCCCCCC(=O)O[C@H](COC(=O)CCCCCCCCCCCCC)COP(=O)(O)OC[C@@H](O)CO. The van der Waals surface area contributed by atoms with Crippen LogP contribution in [0.4, 0.5) is 0 Å². The molecule has 0 fully saturated rings. The van der Waals surface area contributed by atoms with Gasteiger partial charge in [-0.2, -0.15) is 0 Å². The Morgan fingerprint density at radius 1 is 0.633 bits per heavy atom. The van der Waals surface area contributed by atoms with Gasteiger partial charge in [-0.15, -0.1) is 0 Å². The first-order valence-corrected chi connectivity index (χ1v) is 20.4. The monoisotopic (exact) mass is 716 g/mol. The average molecular weight is 717 g/mol. The Kier molecular flexibility index (Phi) is 33.4. The summed E-state index contributed by atoms with van der Waals surface area (Å²) in [6, 6.07) is 0. The molecule has 0 aliphatic carbocycles. The molecule has 0 bridgehead atoms. The summed E-state index contributed by atoms with van der Waals surface area (Å²) < 4.78 is 32.5. The van der Waals surface area contributed by atoms with Gasteiger partial charge in [-0.3, -0.25) is 18.6 Å². The van der Waals surface area contributed by atoms with E-state index in [1.165, 1.54) is 44.9 Å². The van der Waals surface area contributed by atoms with Crippen molar-refractivity contribution >= 4 is 19.8 Å². The van der Waals surface area contributed by atoms with Gasteiger partial charge in [0.25, 0.3) is 0 Å². The molecule has 0 saturated carbocycles. The first-order chi connectivity index (χ1) is 23.7. The summed E-state index contributed by atoms with van der Waals surface area (Å²) in [4.78, 5) is 34.8. The summed E-state index contributed by atoms with van der Waals surface area (Å²) in [7, 11) is -4.61. The molecule has 0 radical (unpaired) electrons. The van der Waals surface area contributed by atoms with Crippen molar-refractivity contribution in [3.63, 3.8) is 0 Å². The Balaban J connectivity index is 4.40. The lowest BCUT2D eigenvalue weighted by atomic mass is 10.1. The fraction of sp³-hybridized carbons (Fsp3) is 0.789. The third kappa shape index (κ3) is 34.4. The molecule has 0 rings (SSSR count). The number of phosphoric ester groups is 1. The van der Waals surface area contributed by atoms with Crippen molar-refractivity contribution in [1.82, 2.24) is 0 Å². The zero-order valence-electron chi connectivity index (χ0n) is 30.7. The van der Waals surface area contributed by atoms with Gasteiger partial charge in [0.15, 0.2) is 6.10 Å². The number of carbonyl (C=O) groups excluding carboxylic acids is 2. The maximum atomic E-state index is 12.5. The van der Waals surface area contributed by atoms with Crippen LogP contribution < -0.4 is 0 Å². The van der Waals surface area contributed by atoms with Crippen LogP contribution in [0.25, 0.3) is 0 Å². The quantitative estimate of drug-likeness (QED) is 0.0251. The molecule has 0 saturated heterocycles. The van der Waals surface area contributed by atoms with Crippen LogP contribution in [0.5, 0.6) is 0 Å². The second-order valence-electron chi connectivity index (χ2n) is 12.6. The van der Waals surface area contributed by atoms with Crippen molar-refractivity contribution in [2.45, 2.75) is 167 Å². The van der Waals surface area contributed by atoms with Gasteiger partial charge < -0.3 is 24.6 Å². The Hall–Kier alpha value is -1.81. The molecule has 0 aromatic rings. The highest BCUT2D eigenvalue weighted by Gasteiger charge is 2.27. The van der Waals surface area contributed by atoms with E-state index in [4.69, 9.17) is 19.1 Å². The fourth-order valence-electron chi connectivity index (χ4n) is 4.89. The minimum absolute atomic E-state index is 0.166. The molecular formula is C38H69O10P. The summed E-state index contributed by atoms with van der Waals surface area (Å²) in [6.07, 6.45) is 32.6. The molecule has 11 heteroatoms. The molecule has 0 spiro atoms. The van der Waals surface area contributed by atoms with Crippen molar-refractivity contribution in [1.29, 1.82) is 0 Å². The van der Waals surface area contributed by atoms with Crippen LogP contribution >= 0.6 is 7.82 Å². The molecular weight excluding hydrogens is 647 g/mol. The number of esters is 2. The number of unbranched alkanes of at least 4 members (excludes halogenated alkanes) is 15. The highest BCUT2D eigenvalue weighted by Crippen LogP contribution is 2.43. The van der Waals surface area contributed by atoms with Crippen LogP contribution in [0.15, 0.2) is 36.5 Å². The van der Waals surface area contributed by atoms with Gasteiger partial charge in [-0.1, -0.05) is 134 Å². The smallest absolute Gasteiger partial charge is 0.462 e. The molecule has 0 heterocycles. The molecule has 0 amide bonds. The lowest BCUT2D eigenvalue weighted by Gasteiger charge is -2.20. The normalized spacial score (nSPS) is 14.5. The Morgan fingerprint density at radius 2 is 1.12 bits per heavy atom. The van der Waals surface area contributed by atoms with Crippen molar-refractivity contribution in [2.75, 3.05) is 26.4 Å². The van der Waals surface area contributed by atoms with Crippen LogP contribution in [0.2, 0.25) is 0 Å². The van der Waals surface area contributed by atoms with Crippen LogP contribution in [0, 0.1) is 0 Å². The second kappa shape index (κ2) is 34.6. The summed E-state index contributed by atoms with van der Waals surface area (Å²) in [5.41, 5.74) is 0. The molecule has 1 unspecified atom stereocenters. The van der Waals surface area contributed by atoms with Crippen LogP contribution in [0.3, 0.4) is 0 Å². The molecule has 0 aliphatic rings. The number of ether oxygens (including phenoxy) is 2. The predicted octanol–water partition coefficient (Wildman–Crippen LogP) is 9.22.